The van der Waals surface area contributed by atoms with Gasteiger partial charge in [0.05, 0.1) is 5.69 Å². The topological polar surface area (TPSA) is 63.1 Å². The maximum absolute atomic E-state index is 14.0. The van der Waals surface area contributed by atoms with Gasteiger partial charge in [-0.3, -0.25) is 9.89 Å². The Balaban J connectivity index is 1.68. The summed E-state index contributed by atoms with van der Waals surface area (Å²) >= 11 is 0. The van der Waals surface area contributed by atoms with Crippen molar-refractivity contribution >= 4 is 11.6 Å². The molecule has 6 nitrogen and oxygen atoms in total. The number of nitrogens with one attached hydrogen (secondary N) is 2. The predicted octanol–water partition coefficient (Wildman–Crippen LogP) is 2.69. The molecule has 3 N–H and O–H groups in total. The van der Waals surface area contributed by atoms with Gasteiger partial charge in [-0.15, -0.1) is 0 Å². The fourth-order valence-corrected chi connectivity index (χ4v) is 3.91. The third kappa shape index (κ3) is 8.48. The van der Waals surface area contributed by atoms with Gasteiger partial charge in [-0.05, 0) is 50.8 Å². The number of benzene rings is 1. The quantitative estimate of drug-likeness (QED) is 0.275. The third-order valence-electron chi connectivity index (χ3n) is 5.60. The van der Waals surface area contributed by atoms with E-state index in [2.05, 4.69) is 34.3 Å². The van der Waals surface area contributed by atoms with Crippen LogP contribution in [0.15, 0.2) is 29.3 Å². The molecule has 1 fully saturated rings. The first-order chi connectivity index (χ1) is 14.7. The largest absolute Gasteiger partial charge is 0.396 e. The van der Waals surface area contributed by atoms with Crippen LogP contribution >= 0.6 is 0 Å². The molecule has 1 aromatic carbocycles. The molecule has 1 saturated heterocycles. The van der Waals surface area contributed by atoms with Crippen LogP contribution in [-0.2, 0) is 0 Å². The average Bonchev–Trinajstić information content (AvgIpc) is 2.76. The lowest BCUT2D eigenvalue weighted by molar-refractivity contribution is 0.253. The lowest BCUT2D eigenvalue weighted by Crippen LogP contribution is -2.47. The van der Waals surface area contributed by atoms with Crippen LogP contribution in [0.3, 0.4) is 0 Å². The van der Waals surface area contributed by atoms with Crippen molar-refractivity contribution in [3.05, 3.63) is 30.1 Å². The summed E-state index contributed by atoms with van der Waals surface area (Å²) in [6, 6.07) is 7.03. The molecule has 1 heterocycles. The predicted molar refractivity (Wildman–Crippen MR) is 124 cm³/mol. The Morgan fingerprint density at radius 3 is 2.57 bits per heavy atom. The van der Waals surface area contributed by atoms with Crippen LogP contribution in [0.4, 0.5) is 10.1 Å². The van der Waals surface area contributed by atoms with E-state index in [4.69, 9.17) is 4.99 Å². The molecule has 0 radical (unpaired) electrons. The molecule has 170 valence electrons. The minimum absolute atomic E-state index is 0.134. The van der Waals surface area contributed by atoms with Gasteiger partial charge in [0.1, 0.15) is 5.82 Å². The number of aliphatic imine (C=N–C) groups is 1. The van der Waals surface area contributed by atoms with E-state index >= 15 is 0 Å². The number of hydrogen-bond donors (Lipinski definition) is 3. The molecule has 0 amide bonds. The Hall–Kier alpha value is -1.86. The Morgan fingerprint density at radius 1 is 1.13 bits per heavy atom. The molecule has 1 aromatic rings. The first-order valence-electron chi connectivity index (χ1n) is 11.5. The number of halogens is 1. The fourth-order valence-electron chi connectivity index (χ4n) is 3.91. The minimum atomic E-state index is -0.134. The normalized spacial score (nSPS) is 16.5. The maximum atomic E-state index is 14.0. The van der Waals surface area contributed by atoms with Crippen LogP contribution in [0.2, 0.25) is 0 Å². The number of aliphatic hydroxyl groups excluding tert-OH is 1. The van der Waals surface area contributed by atoms with Crippen LogP contribution in [0.25, 0.3) is 0 Å². The van der Waals surface area contributed by atoms with Gasteiger partial charge in [-0.1, -0.05) is 25.5 Å². The zero-order valence-electron chi connectivity index (χ0n) is 18.7. The van der Waals surface area contributed by atoms with Crippen LogP contribution in [0.1, 0.15) is 39.5 Å². The smallest absolute Gasteiger partial charge is 0.191 e. The van der Waals surface area contributed by atoms with Crippen molar-refractivity contribution < 1.29 is 9.50 Å². The van der Waals surface area contributed by atoms with Gasteiger partial charge in [-0.2, -0.15) is 0 Å². The minimum Gasteiger partial charge on any atom is -0.396 e. The second-order valence-corrected chi connectivity index (χ2v) is 7.95. The summed E-state index contributed by atoms with van der Waals surface area (Å²) in [7, 11) is 0. The summed E-state index contributed by atoms with van der Waals surface area (Å²) in [4.78, 5) is 9.30. The summed E-state index contributed by atoms with van der Waals surface area (Å²) < 4.78 is 14.0. The molecule has 0 bridgehead atoms. The van der Waals surface area contributed by atoms with E-state index in [1.54, 1.807) is 6.07 Å². The first kappa shape index (κ1) is 24.4. The van der Waals surface area contributed by atoms with Crippen molar-refractivity contribution in [1.82, 2.24) is 15.5 Å². The number of piperazine rings is 1. The zero-order chi connectivity index (χ0) is 21.6. The summed E-state index contributed by atoms with van der Waals surface area (Å²) in [6.07, 6.45) is 4.07. The second-order valence-electron chi connectivity index (χ2n) is 7.95. The highest BCUT2D eigenvalue weighted by molar-refractivity contribution is 5.79. The van der Waals surface area contributed by atoms with Gasteiger partial charge in [-0.25, -0.2) is 4.39 Å². The number of guanidine groups is 1. The average molecular weight is 422 g/mol. The zero-order valence-corrected chi connectivity index (χ0v) is 18.7. The molecule has 1 aliphatic rings. The number of hydrogen-bond acceptors (Lipinski definition) is 4. The van der Waals surface area contributed by atoms with E-state index in [0.717, 1.165) is 84.0 Å². The number of para-hydroxylation sites is 1. The van der Waals surface area contributed by atoms with Crippen molar-refractivity contribution in [2.45, 2.75) is 39.5 Å². The molecule has 1 unspecified atom stereocenters. The molecule has 0 saturated carbocycles. The van der Waals surface area contributed by atoms with Gasteiger partial charge in [0.15, 0.2) is 5.96 Å². The van der Waals surface area contributed by atoms with Gasteiger partial charge < -0.3 is 20.6 Å². The Morgan fingerprint density at radius 2 is 1.90 bits per heavy atom. The van der Waals surface area contributed by atoms with E-state index in [0.29, 0.717) is 11.6 Å². The molecule has 0 aliphatic carbocycles. The third-order valence-corrected chi connectivity index (χ3v) is 5.60. The number of rotatable bonds is 12. The van der Waals surface area contributed by atoms with E-state index in [-0.39, 0.29) is 12.4 Å². The van der Waals surface area contributed by atoms with Crippen molar-refractivity contribution in [2.24, 2.45) is 10.9 Å². The molecule has 2 rings (SSSR count). The highest BCUT2D eigenvalue weighted by Gasteiger charge is 2.18. The molecule has 0 aromatic heterocycles. The second kappa shape index (κ2) is 14.2. The van der Waals surface area contributed by atoms with Gasteiger partial charge >= 0.3 is 0 Å². The van der Waals surface area contributed by atoms with Crippen molar-refractivity contribution in [3.63, 3.8) is 0 Å². The van der Waals surface area contributed by atoms with Crippen LogP contribution in [0.5, 0.6) is 0 Å². The molecule has 1 atom stereocenters. The van der Waals surface area contributed by atoms with Crippen molar-refractivity contribution in [2.75, 3.05) is 63.9 Å². The standard InChI is InChI=1S/C23H40FN5O/c1-3-8-20(11-18-30)19-27-23(25-4-2)26-12-7-13-28-14-16-29(17-15-28)22-10-6-5-9-21(22)24/h5-6,9-10,20,30H,3-4,7-8,11-19H2,1-2H3,(H2,25,26,27). The molecule has 1 aliphatic heterocycles. The highest BCUT2D eigenvalue weighted by Crippen LogP contribution is 2.20. The fraction of sp³-hybridized carbons (Fsp3) is 0.696. The summed E-state index contributed by atoms with van der Waals surface area (Å²) in [6.45, 7) is 11.6. The molecule has 30 heavy (non-hydrogen) atoms. The Kier molecular flexibility index (Phi) is 11.6. The molecular weight excluding hydrogens is 381 g/mol. The van der Waals surface area contributed by atoms with E-state index in [1.807, 2.05) is 12.1 Å². The summed E-state index contributed by atoms with van der Waals surface area (Å²) in [5.41, 5.74) is 0.716. The summed E-state index contributed by atoms with van der Waals surface area (Å²) in [5.74, 6) is 1.17. The number of anilines is 1. The van der Waals surface area contributed by atoms with Crippen LogP contribution < -0.4 is 15.5 Å². The van der Waals surface area contributed by atoms with Crippen molar-refractivity contribution in [1.29, 1.82) is 0 Å². The lowest BCUT2D eigenvalue weighted by Gasteiger charge is -2.36. The summed E-state index contributed by atoms with van der Waals surface area (Å²) in [5, 5.41) is 16.0. The van der Waals surface area contributed by atoms with E-state index in [9.17, 15) is 9.50 Å². The number of aliphatic hydroxyl groups is 1. The van der Waals surface area contributed by atoms with Gasteiger partial charge in [0, 0.05) is 52.4 Å². The van der Waals surface area contributed by atoms with E-state index in [1.165, 1.54) is 6.07 Å². The Labute approximate surface area is 181 Å². The molecule has 0 spiro atoms. The van der Waals surface area contributed by atoms with Gasteiger partial charge in [0.25, 0.3) is 0 Å². The van der Waals surface area contributed by atoms with Crippen LogP contribution in [0, 0.1) is 11.7 Å². The van der Waals surface area contributed by atoms with Crippen molar-refractivity contribution in [3.8, 4) is 0 Å². The number of nitrogens with zero attached hydrogens (tertiary/aromatic N) is 3. The lowest BCUT2D eigenvalue weighted by atomic mass is 10.0. The van der Waals surface area contributed by atoms with E-state index < -0.39 is 0 Å². The first-order valence-corrected chi connectivity index (χ1v) is 11.5. The Bertz CT molecular complexity index is 613. The SMILES string of the molecule is CCCC(CCO)CN=C(NCC)NCCCN1CCN(c2ccccc2F)CC1. The monoisotopic (exact) mass is 421 g/mol. The van der Waals surface area contributed by atoms with Crippen LogP contribution in [-0.4, -0.2) is 74.9 Å². The molecular formula is C23H40FN5O. The highest BCUT2D eigenvalue weighted by atomic mass is 19.1. The molecule has 7 heteroatoms. The maximum Gasteiger partial charge on any atom is 0.191 e. The van der Waals surface area contributed by atoms with Gasteiger partial charge in [0.2, 0.25) is 0 Å².